The van der Waals surface area contributed by atoms with Gasteiger partial charge in [0.15, 0.2) is 5.78 Å². The van der Waals surface area contributed by atoms with Crippen molar-refractivity contribution >= 4 is 11.8 Å². The molecule has 0 bridgehead atoms. The van der Waals surface area contributed by atoms with Crippen LogP contribution in [0, 0.1) is 0 Å². The number of fused-ring (bicyclic) bond motifs is 1. The minimum absolute atomic E-state index is 0.210. The molecule has 1 aliphatic rings. The van der Waals surface area contributed by atoms with Gasteiger partial charge in [0.1, 0.15) is 12.4 Å². The van der Waals surface area contributed by atoms with E-state index in [0.717, 1.165) is 29.7 Å². The van der Waals surface area contributed by atoms with Gasteiger partial charge in [-0.2, -0.15) is 0 Å². The molecule has 0 aliphatic heterocycles. The minimum atomic E-state index is -0.322. The van der Waals surface area contributed by atoms with Gasteiger partial charge >= 0.3 is 5.97 Å². The van der Waals surface area contributed by atoms with Crippen molar-refractivity contribution in [1.29, 1.82) is 0 Å². The molecular formula is C17H20O4. The Morgan fingerprint density at radius 3 is 2.86 bits per heavy atom. The molecule has 112 valence electrons. The third-order valence-corrected chi connectivity index (χ3v) is 3.64. The van der Waals surface area contributed by atoms with Gasteiger partial charge in [-0.3, -0.25) is 4.79 Å². The molecule has 0 fully saturated rings. The molecule has 0 atom stereocenters. The van der Waals surface area contributed by atoms with Crippen molar-refractivity contribution in [3.8, 4) is 5.75 Å². The first-order valence-electron chi connectivity index (χ1n) is 7.22. The Bertz CT molecular complexity index is 572. The van der Waals surface area contributed by atoms with Crippen LogP contribution in [-0.2, 0) is 16.0 Å². The average molecular weight is 288 g/mol. The van der Waals surface area contributed by atoms with Gasteiger partial charge in [-0.05, 0) is 49.1 Å². The number of Topliss-reactive ketones (excluding diaryl/α,β-unsaturated/α-hetero) is 1. The second-order valence-corrected chi connectivity index (χ2v) is 4.98. The van der Waals surface area contributed by atoms with Gasteiger partial charge < -0.3 is 9.47 Å². The van der Waals surface area contributed by atoms with Crippen molar-refractivity contribution in [2.45, 2.75) is 32.6 Å². The summed E-state index contributed by atoms with van der Waals surface area (Å²) in [6, 6.07) is 5.56. The Kier molecular flexibility index (Phi) is 5.14. The number of hydrogen-bond donors (Lipinski definition) is 0. The highest BCUT2D eigenvalue weighted by Gasteiger charge is 2.17. The van der Waals surface area contributed by atoms with Gasteiger partial charge in [0.05, 0.1) is 7.11 Å². The van der Waals surface area contributed by atoms with Crippen LogP contribution in [0.15, 0.2) is 29.8 Å². The number of carbonyl (C=O) groups excluding carboxylic acids is 2. The van der Waals surface area contributed by atoms with Crippen LogP contribution in [-0.4, -0.2) is 25.5 Å². The molecule has 0 heterocycles. The highest BCUT2D eigenvalue weighted by molar-refractivity contribution is 5.98. The normalized spacial score (nSPS) is 14.6. The predicted molar refractivity (Wildman–Crippen MR) is 79.6 cm³/mol. The van der Waals surface area contributed by atoms with E-state index in [4.69, 9.17) is 9.47 Å². The second kappa shape index (κ2) is 7.07. The van der Waals surface area contributed by atoms with Crippen LogP contribution in [0.25, 0.3) is 0 Å². The predicted octanol–water partition coefficient (Wildman–Crippen LogP) is 3.09. The smallest absolute Gasteiger partial charge is 0.333 e. The first kappa shape index (κ1) is 15.3. The van der Waals surface area contributed by atoms with Gasteiger partial charge in [0.2, 0.25) is 0 Å². The maximum Gasteiger partial charge on any atom is 0.333 e. The molecule has 21 heavy (non-hydrogen) atoms. The molecule has 4 heteroatoms. The molecule has 0 amide bonds. The van der Waals surface area contributed by atoms with E-state index in [0.29, 0.717) is 25.0 Å². The fourth-order valence-electron chi connectivity index (χ4n) is 2.45. The highest BCUT2D eigenvalue weighted by Crippen LogP contribution is 2.25. The lowest BCUT2D eigenvalue weighted by Crippen LogP contribution is -2.11. The SMILES string of the molecule is CCC(=CCOc1ccc2c(c1)CCCC2=O)C(=O)OC. The molecule has 0 radical (unpaired) electrons. The Morgan fingerprint density at radius 1 is 1.33 bits per heavy atom. The minimum Gasteiger partial charge on any atom is -0.490 e. The fourth-order valence-corrected chi connectivity index (χ4v) is 2.45. The van der Waals surface area contributed by atoms with Crippen LogP contribution < -0.4 is 4.74 Å². The van der Waals surface area contributed by atoms with Crippen molar-refractivity contribution < 1.29 is 19.1 Å². The number of benzene rings is 1. The first-order valence-corrected chi connectivity index (χ1v) is 7.22. The summed E-state index contributed by atoms with van der Waals surface area (Å²) in [7, 11) is 1.37. The van der Waals surface area contributed by atoms with Crippen molar-refractivity contribution in [3.05, 3.63) is 41.0 Å². The van der Waals surface area contributed by atoms with Crippen molar-refractivity contribution in [1.82, 2.24) is 0 Å². The number of ketones is 1. The summed E-state index contributed by atoms with van der Waals surface area (Å²) in [5.74, 6) is 0.610. The standard InChI is InChI=1S/C17H20O4/c1-3-12(17(19)20-2)9-10-21-14-7-8-15-13(11-14)5-4-6-16(15)18/h7-9,11H,3-6,10H2,1-2H3. The number of hydrogen-bond acceptors (Lipinski definition) is 4. The summed E-state index contributed by atoms with van der Waals surface area (Å²) in [6.07, 6.45) is 4.79. The molecule has 0 spiro atoms. The van der Waals surface area contributed by atoms with Gasteiger partial charge in [-0.15, -0.1) is 0 Å². The molecule has 2 rings (SSSR count). The van der Waals surface area contributed by atoms with Crippen LogP contribution in [0.3, 0.4) is 0 Å². The maximum absolute atomic E-state index is 11.7. The molecule has 4 nitrogen and oxygen atoms in total. The zero-order valence-corrected chi connectivity index (χ0v) is 12.5. The van der Waals surface area contributed by atoms with Gasteiger partial charge in [-0.25, -0.2) is 4.79 Å². The van der Waals surface area contributed by atoms with E-state index in [1.807, 2.05) is 19.1 Å². The molecule has 1 aliphatic carbocycles. The Hall–Kier alpha value is -2.10. The van der Waals surface area contributed by atoms with Crippen molar-refractivity contribution in [3.63, 3.8) is 0 Å². The number of rotatable bonds is 5. The molecule has 0 saturated carbocycles. The van der Waals surface area contributed by atoms with E-state index in [1.165, 1.54) is 7.11 Å². The van der Waals surface area contributed by atoms with Crippen molar-refractivity contribution in [2.24, 2.45) is 0 Å². The number of ether oxygens (including phenoxy) is 2. The molecule has 0 saturated heterocycles. The highest BCUT2D eigenvalue weighted by atomic mass is 16.5. The lowest BCUT2D eigenvalue weighted by molar-refractivity contribution is -0.136. The molecule has 1 aromatic rings. The van der Waals surface area contributed by atoms with Gasteiger partial charge in [-0.1, -0.05) is 6.92 Å². The molecule has 0 unspecified atom stereocenters. The zero-order valence-electron chi connectivity index (χ0n) is 12.5. The number of aryl methyl sites for hydroxylation is 1. The third kappa shape index (κ3) is 3.72. The Balaban J connectivity index is 2.02. The number of esters is 1. The summed E-state index contributed by atoms with van der Waals surface area (Å²) in [4.78, 5) is 23.2. The summed E-state index contributed by atoms with van der Waals surface area (Å²) >= 11 is 0. The second-order valence-electron chi connectivity index (χ2n) is 4.98. The molecule has 0 N–H and O–H groups in total. The Labute approximate surface area is 124 Å². The van der Waals surface area contributed by atoms with E-state index in [1.54, 1.807) is 12.1 Å². The lowest BCUT2D eigenvalue weighted by atomic mass is 9.91. The van der Waals surface area contributed by atoms with Gasteiger partial charge in [0.25, 0.3) is 0 Å². The Morgan fingerprint density at radius 2 is 2.14 bits per heavy atom. The van der Waals surface area contributed by atoms with Crippen LogP contribution in [0.4, 0.5) is 0 Å². The van der Waals surface area contributed by atoms with E-state index >= 15 is 0 Å². The summed E-state index contributed by atoms with van der Waals surface area (Å²) in [5, 5.41) is 0. The average Bonchev–Trinajstić information content (AvgIpc) is 2.51. The van der Waals surface area contributed by atoms with Crippen LogP contribution in [0.2, 0.25) is 0 Å². The van der Waals surface area contributed by atoms with Crippen LogP contribution in [0.5, 0.6) is 5.75 Å². The maximum atomic E-state index is 11.7. The quantitative estimate of drug-likeness (QED) is 0.617. The summed E-state index contributed by atoms with van der Waals surface area (Å²) in [5.41, 5.74) is 2.47. The fraction of sp³-hybridized carbons (Fsp3) is 0.412. The van der Waals surface area contributed by atoms with E-state index in [-0.39, 0.29) is 11.8 Å². The third-order valence-electron chi connectivity index (χ3n) is 3.64. The van der Waals surface area contributed by atoms with E-state index < -0.39 is 0 Å². The topological polar surface area (TPSA) is 52.6 Å². The van der Waals surface area contributed by atoms with E-state index in [9.17, 15) is 9.59 Å². The lowest BCUT2D eigenvalue weighted by Gasteiger charge is -2.15. The van der Waals surface area contributed by atoms with E-state index in [2.05, 4.69) is 0 Å². The molecule has 0 aromatic heterocycles. The first-order chi connectivity index (χ1) is 10.2. The largest absolute Gasteiger partial charge is 0.490 e. The monoisotopic (exact) mass is 288 g/mol. The van der Waals surface area contributed by atoms with Crippen LogP contribution >= 0.6 is 0 Å². The van der Waals surface area contributed by atoms with Crippen LogP contribution in [0.1, 0.15) is 42.1 Å². The van der Waals surface area contributed by atoms with Crippen molar-refractivity contribution in [2.75, 3.05) is 13.7 Å². The molecule has 1 aromatic carbocycles. The summed E-state index contributed by atoms with van der Waals surface area (Å²) < 4.78 is 10.3. The van der Waals surface area contributed by atoms with Gasteiger partial charge in [0, 0.05) is 17.6 Å². The summed E-state index contributed by atoms with van der Waals surface area (Å²) in [6.45, 7) is 2.21. The number of methoxy groups -OCH3 is 1. The molecular weight excluding hydrogens is 268 g/mol. The zero-order chi connectivity index (χ0) is 15.2. The number of carbonyl (C=O) groups is 2.